The van der Waals surface area contributed by atoms with E-state index in [1.54, 1.807) is 0 Å². The fraction of sp³-hybridized carbons (Fsp3) is 0.400. The highest BCUT2D eigenvalue weighted by atomic mass is 16.5. The van der Waals surface area contributed by atoms with E-state index in [4.69, 9.17) is 4.74 Å². The number of hydrogen-bond donors (Lipinski definition) is 1. The van der Waals surface area contributed by atoms with Crippen molar-refractivity contribution in [1.82, 2.24) is 5.32 Å². The van der Waals surface area contributed by atoms with Gasteiger partial charge >= 0.3 is 0 Å². The molecule has 2 nitrogen and oxygen atoms in total. The van der Waals surface area contributed by atoms with Crippen LogP contribution in [0.1, 0.15) is 42.9 Å². The first-order valence-electron chi connectivity index (χ1n) is 8.37. The van der Waals surface area contributed by atoms with Crippen LogP contribution in [0, 0.1) is 5.92 Å². The Morgan fingerprint density at radius 1 is 0.864 bits per heavy atom. The molecule has 2 aromatic carbocycles. The molecule has 22 heavy (non-hydrogen) atoms. The predicted octanol–water partition coefficient (Wildman–Crippen LogP) is 4.28. The topological polar surface area (TPSA) is 21.3 Å². The maximum absolute atomic E-state index is 6.73. The Morgan fingerprint density at radius 2 is 1.41 bits per heavy atom. The molecule has 0 unspecified atom stereocenters. The van der Waals surface area contributed by atoms with Gasteiger partial charge in [-0.2, -0.15) is 0 Å². The summed E-state index contributed by atoms with van der Waals surface area (Å²) in [5.41, 5.74) is 2.33. The second-order valence-corrected chi connectivity index (χ2v) is 6.64. The molecule has 2 heterocycles. The second-order valence-electron chi connectivity index (χ2n) is 6.64. The quantitative estimate of drug-likeness (QED) is 0.908. The molecule has 2 aromatic rings. The van der Waals surface area contributed by atoms with Gasteiger partial charge in [0.15, 0.2) is 0 Å². The molecule has 2 aliphatic heterocycles. The van der Waals surface area contributed by atoms with Gasteiger partial charge in [0.25, 0.3) is 0 Å². The van der Waals surface area contributed by atoms with Gasteiger partial charge in [0.05, 0.1) is 0 Å². The fourth-order valence-electron chi connectivity index (χ4n) is 3.82. The van der Waals surface area contributed by atoms with E-state index in [1.807, 2.05) is 0 Å². The summed E-state index contributed by atoms with van der Waals surface area (Å²) in [6.07, 6.45) is 4.86. The lowest BCUT2D eigenvalue weighted by Gasteiger charge is -2.48. The average Bonchev–Trinajstić information content (AvgIpc) is 2.63. The van der Waals surface area contributed by atoms with Crippen molar-refractivity contribution >= 4 is 0 Å². The van der Waals surface area contributed by atoms with E-state index in [-0.39, 0.29) is 11.8 Å². The van der Waals surface area contributed by atoms with Crippen LogP contribution in [0.3, 0.4) is 0 Å². The van der Waals surface area contributed by atoms with Crippen LogP contribution in [0.15, 0.2) is 60.7 Å². The third-order valence-corrected chi connectivity index (χ3v) is 5.17. The molecule has 0 spiro atoms. The molecule has 3 fully saturated rings. The Balaban J connectivity index is 1.66. The van der Waals surface area contributed by atoms with Crippen molar-refractivity contribution in [1.29, 1.82) is 0 Å². The van der Waals surface area contributed by atoms with Crippen molar-refractivity contribution in [3.05, 3.63) is 71.8 Å². The zero-order valence-corrected chi connectivity index (χ0v) is 12.9. The van der Waals surface area contributed by atoms with Gasteiger partial charge in [0.1, 0.15) is 11.8 Å². The molecule has 1 N–H and O–H groups in total. The highest BCUT2D eigenvalue weighted by Crippen LogP contribution is 2.42. The summed E-state index contributed by atoms with van der Waals surface area (Å²) in [5, 5.41) is 3.68. The monoisotopic (exact) mass is 293 g/mol. The number of ether oxygens (including phenoxy) is 1. The van der Waals surface area contributed by atoms with Crippen molar-refractivity contribution in [2.24, 2.45) is 5.92 Å². The highest BCUT2D eigenvalue weighted by molar-refractivity contribution is 5.30. The van der Waals surface area contributed by atoms with Gasteiger partial charge in [-0.15, -0.1) is 0 Å². The van der Waals surface area contributed by atoms with Crippen molar-refractivity contribution in [3.63, 3.8) is 0 Å². The van der Waals surface area contributed by atoms with Gasteiger partial charge in [0.2, 0.25) is 0 Å². The molecule has 0 amide bonds. The molecule has 2 heteroatoms. The summed E-state index contributed by atoms with van der Waals surface area (Å²) in [6.45, 7) is 1.11. The van der Waals surface area contributed by atoms with Crippen molar-refractivity contribution < 1.29 is 4.74 Å². The van der Waals surface area contributed by atoms with E-state index in [9.17, 15) is 0 Å². The first kappa shape index (κ1) is 14.0. The van der Waals surface area contributed by atoms with Crippen LogP contribution in [-0.4, -0.2) is 12.3 Å². The Hall–Kier alpha value is -1.64. The molecule has 5 rings (SSSR count). The summed E-state index contributed by atoms with van der Waals surface area (Å²) in [6, 6.07) is 21.2. The summed E-state index contributed by atoms with van der Waals surface area (Å²) >= 11 is 0. The Morgan fingerprint density at radius 3 is 1.86 bits per heavy atom. The van der Waals surface area contributed by atoms with Crippen LogP contribution in [0.25, 0.3) is 0 Å². The highest BCUT2D eigenvalue weighted by Gasteiger charge is 2.42. The third kappa shape index (κ3) is 2.69. The summed E-state index contributed by atoms with van der Waals surface area (Å²) in [4.78, 5) is 0. The molecule has 0 atom stereocenters. The molecule has 1 aliphatic carbocycles. The zero-order valence-electron chi connectivity index (χ0n) is 12.9. The summed E-state index contributed by atoms with van der Waals surface area (Å²) in [5.74, 6) is 0.859. The molecule has 114 valence electrons. The minimum atomic E-state index is -0.134. The third-order valence-electron chi connectivity index (χ3n) is 5.17. The lowest BCUT2D eigenvalue weighted by atomic mass is 9.78. The maximum atomic E-state index is 6.73. The molecule has 0 aromatic heterocycles. The number of benzene rings is 2. The van der Waals surface area contributed by atoms with Gasteiger partial charge in [-0.1, -0.05) is 60.7 Å². The Bertz CT molecular complexity index is 549. The maximum Gasteiger partial charge on any atom is 0.120 e. The van der Waals surface area contributed by atoms with Gasteiger partial charge in [0, 0.05) is 6.54 Å². The first-order valence-corrected chi connectivity index (χ1v) is 8.37. The molecule has 1 saturated carbocycles. The van der Waals surface area contributed by atoms with Crippen LogP contribution in [0.2, 0.25) is 0 Å². The normalized spacial score (nSPS) is 27.2. The van der Waals surface area contributed by atoms with Gasteiger partial charge in [-0.25, -0.2) is 0 Å². The van der Waals surface area contributed by atoms with E-state index >= 15 is 0 Å². The Labute approximate surface area is 132 Å². The molecular formula is C20H23NO. The number of nitrogens with one attached hydrogen (secondary N) is 1. The second kappa shape index (κ2) is 5.86. The minimum Gasteiger partial charge on any atom is -0.348 e. The Kier molecular flexibility index (Phi) is 3.73. The smallest absolute Gasteiger partial charge is 0.120 e. The van der Waals surface area contributed by atoms with Gasteiger partial charge < -0.3 is 4.74 Å². The van der Waals surface area contributed by atoms with E-state index in [0.29, 0.717) is 0 Å². The van der Waals surface area contributed by atoms with Gasteiger partial charge in [-0.05, 0) is 42.7 Å². The van der Waals surface area contributed by atoms with Crippen LogP contribution >= 0.6 is 0 Å². The molecule has 2 bridgehead atoms. The summed E-state index contributed by atoms with van der Waals surface area (Å²) < 4.78 is 6.73. The first-order chi connectivity index (χ1) is 10.8. The molecule has 2 saturated heterocycles. The number of rotatable bonds is 4. The molecule has 3 aliphatic rings. The van der Waals surface area contributed by atoms with E-state index in [2.05, 4.69) is 66.0 Å². The van der Waals surface area contributed by atoms with Crippen molar-refractivity contribution in [3.8, 4) is 0 Å². The standard InChI is InChI=1S/C20H23NO/c1-3-7-17(8-4-1)19(18-9-5-2-6-10-18)22-20-13-11-16(12-14-20)15-21-20/h1-10,16,19,21H,11-15H2. The number of fused-ring (bicyclic) bond motifs is 3. The lowest BCUT2D eigenvalue weighted by molar-refractivity contribution is -0.151. The SMILES string of the molecule is c1ccc(C(OC23CCC(CC2)CN3)c2ccccc2)cc1. The van der Waals surface area contributed by atoms with Crippen LogP contribution in [0.5, 0.6) is 0 Å². The van der Waals surface area contributed by atoms with Gasteiger partial charge in [-0.3, -0.25) is 5.32 Å². The number of hydrogen-bond acceptors (Lipinski definition) is 2. The lowest BCUT2D eigenvalue weighted by Crippen LogP contribution is -2.57. The van der Waals surface area contributed by atoms with Crippen LogP contribution in [0.4, 0.5) is 0 Å². The van der Waals surface area contributed by atoms with E-state index in [0.717, 1.165) is 25.3 Å². The molecular weight excluding hydrogens is 270 g/mol. The van der Waals surface area contributed by atoms with Crippen LogP contribution < -0.4 is 5.32 Å². The van der Waals surface area contributed by atoms with E-state index < -0.39 is 0 Å². The van der Waals surface area contributed by atoms with E-state index in [1.165, 1.54) is 24.0 Å². The fourth-order valence-corrected chi connectivity index (χ4v) is 3.82. The largest absolute Gasteiger partial charge is 0.348 e. The molecule has 0 radical (unpaired) electrons. The predicted molar refractivity (Wildman–Crippen MR) is 88.5 cm³/mol. The van der Waals surface area contributed by atoms with Crippen molar-refractivity contribution in [2.75, 3.05) is 6.54 Å². The summed E-state index contributed by atoms with van der Waals surface area (Å²) in [7, 11) is 0. The minimum absolute atomic E-state index is 0.00421. The number of piperidine rings is 2. The van der Waals surface area contributed by atoms with Crippen LogP contribution in [-0.2, 0) is 4.74 Å². The average molecular weight is 293 g/mol. The zero-order chi connectivity index (χ0) is 14.8. The van der Waals surface area contributed by atoms with Crippen molar-refractivity contribution in [2.45, 2.75) is 37.5 Å².